The first-order valence-electron chi connectivity index (χ1n) is 6.17. The summed E-state index contributed by atoms with van der Waals surface area (Å²) in [6.07, 6.45) is 5.13. The fraction of sp³-hybridized carbons (Fsp3) is 0.667. The summed E-state index contributed by atoms with van der Waals surface area (Å²) >= 11 is 6.13. The van der Waals surface area contributed by atoms with Crippen LogP contribution in [0.25, 0.3) is 0 Å². The number of nitrogens with zero attached hydrogens (tertiary/aromatic N) is 2. The number of imidazole rings is 1. The van der Waals surface area contributed by atoms with Gasteiger partial charge in [0.25, 0.3) is 0 Å². The van der Waals surface area contributed by atoms with E-state index in [0.717, 1.165) is 37.3 Å². The van der Waals surface area contributed by atoms with Gasteiger partial charge in [-0.25, -0.2) is 4.98 Å². The van der Waals surface area contributed by atoms with Crippen LogP contribution in [0.1, 0.15) is 55.5 Å². The number of carboxylic acid groups (broad SMARTS) is 1. The van der Waals surface area contributed by atoms with Gasteiger partial charge in [-0.05, 0) is 25.7 Å². The highest BCUT2D eigenvalue weighted by atomic mass is 35.5. The Morgan fingerprint density at radius 2 is 2.12 bits per heavy atom. The normalized spacial score (nSPS) is 24.2. The second-order valence-electron chi connectivity index (χ2n) is 4.96. The molecule has 0 bridgehead atoms. The zero-order valence-corrected chi connectivity index (χ0v) is 10.3. The summed E-state index contributed by atoms with van der Waals surface area (Å²) in [6.45, 7) is 0.866. The Labute approximate surface area is 105 Å². The molecule has 1 aliphatic carbocycles. The van der Waals surface area contributed by atoms with Gasteiger partial charge in [0.2, 0.25) is 0 Å². The van der Waals surface area contributed by atoms with Crippen molar-refractivity contribution in [2.24, 2.45) is 0 Å². The molecule has 0 spiro atoms. The molecule has 1 aromatic rings. The van der Waals surface area contributed by atoms with Gasteiger partial charge in [0.15, 0.2) is 5.15 Å². The lowest BCUT2D eigenvalue weighted by Gasteiger charge is -2.28. The largest absolute Gasteiger partial charge is 0.481 e. The highest BCUT2D eigenvalue weighted by molar-refractivity contribution is 6.30. The van der Waals surface area contributed by atoms with Crippen molar-refractivity contribution in [2.45, 2.75) is 50.5 Å². The third kappa shape index (κ3) is 1.66. The van der Waals surface area contributed by atoms with Gasteiger partial charge in [-0.1, -0.05) is 18.0 Å². The van der Waals surface area contributed by atoms with Crippen molar-refractivity contribution < 1.29 is 9.90 Å². The molecule has 17 heavy (non-hydrogen) atoms. The first-order valence-corrected chi connectivity index (χ1v) is 6.55. The number of halogens is 1. The molecule has 0 saturated heterocycles. The van der Waals surface area contributed by atoms with E-state index in [-0.39, 0.29) is 0 Å². The predicted octanol–water partition coefficient (Wildman–Crippen LogP) is 2.77. The van der Waals surface area contributed by atoms with Crippen molar-refractivity contribution in [1.29, 1.82) is 0 Å². The third-order valence-electron chi connectivity index (χ3n) is 3.96. The number of fused-ring (bicyclic) bond motifs is 1. The highest BCUT2D eigenvalue weighted by Crippen LogP contribution is 2.41. The van der Waals surface area contributed by atoms with E-state index in [2.05, 4.69) is 9.55 Å². The van der Waals surface area contributed by atoms with Gasteiger partial charge < -0.3 is 9.67 Å². The van der Waals surface area contributed by atoms with Crippen molar-refractivity contribution in [3.05, 3.63) is 16.7 Å². The predicted molar refractivity (Wildman–Crippen MR) is 63.4 cm³/mol. The van der Waals surface area contributed by atoms with Crippen molar-refractivity contribution >= 4 is 17.6 Å². The lowest BCUT2D eigenvalue weighted by Crippen LogP contribution is -2.24. The third-order valence-corrected chi connectivity index (χ3v) is 4.24. The molecule has 1 aromatic heterocycles. The van der Waals surface area contributed by atoms with Crippen molar-refractivity contribution in [3.63, 3.8) is 0 Å². The number of hydrogen-bond donors (Lipinski definition) is 1. The van der Waals surface area contributed by atoms with Crippen LogP contribution >= 0.6 is 11.6 Å². The van der Waals surface area contributed by atoms with Crippen LogP contribution in [0.15, 0.2) is 0 Å². The minimum Gasteiger partial charge on any atom is -0.481 e. The average molecular weight is 255 g/mol. The van der Waals surface area contributed by atoms with Crippen LogP contribution in [0.5, 0.6) is 0 Å². The van der Waals surface area contributed by atoms with E-state index < -0.39 is 11.9 Å². The number of carboxylic acids is 1. The monoisotopic (exact) mass is 254 g/mol. The molecule has 1 saturated carbocycles. The fourth-order valence-corrected chi connectivity index (χ4v) is 3.15. The van der Waals surface area contributed by atoms with Gasteiger partial charge in [-0.3, -0.25) is 4.79 Å². The summed E-state index contributed by atoms with van der Waals surface area (Å²) in [4.78, 5) is 15.6. The molecule has 92 valence electrons. The smallest absolute Gasteiger partial charge is 0.312 e. The molecule has 0 aromatic carbocycles. The molecule has 1 aliphatic heterocycles. The first kappa shape index (κ1) is 11.1. The second-order valence-corrected chi connectivity index (χ2v) is 5.32. The molecule has 5 heteroatoms. The summed E-state index contributed by atoms with van der Waals surface area (Å²) in [5, 5.41) is 9.63. The Balaban J connectivity index is 2.05. The number of aromatic nitrogens is 2. The van der Waals surface area contributed by atoms with Crippen molar-refractivity contribution in [2.75, 3.05) is 0 Å². The van der Waals surface area contributed by atoms with Crippen molar-refractivity contribution in [3.8, 4) is 0 Å². The molecule has 4 nitrogen and oxygen atoms in total. The molecular weight excluding hydrogens is 240 g/mol. The fourth-order valence-electron chi connectivity index (χ4n) is 2.83. The molecule has 0 amide bonds. The van der Waals surface area contributed by atoms with E-state index in [1.165, 1.54) is 6.42 Å². The minimum atomic E-state index is -0.784. The Hall–Kier alpha value is -1.03. The maximum atomic E-state index is 11.2. The lowest BCUT2D eigenvalue weighted by molar-refractivity contribution is -0.139. The maximum Gasteiger partial charge on any atom is 0.312 e. The maximum absolute atomic E-state index is 11.2. The van der Waals surface area contributed by atoms with Crippen LogP contribution in [-0.4, -0.2) is 20.6 Å². The van der Waals surface area contributed by atoms with Gasteiger partial charge >= 0.3 is 5.97 Å². The van der Waals surface area contributed by atoms with Crippen LogP contribution in [0, 0.1) is 0 Å². The van der Waals surface area contributed by atoms with Gasteiger partial charge in [0.1, 0.15) is 11.7 Å². The Bertz CT molecular complexity index is 465. The summed E-state index contributed by atoms with van der Waals surface area (Å²) in [5.74, 6) is 0.251. The summed E-state index contributed by atoms with van der Waals surface area (Å²) < 4.78 is 2.06. The number of aliphatic carboxylic acids is 1. The average Bonchev–Trinajstić information content (AvgIpc) is 2.54. The van der Waals surface area contributed by atoms with E-state index in [1.807, 2.05) is 0 Å². The molecule has 1 unspecified atom stereocenters. The Morgan fingerprint density at radius 3 is 2.71 bits per heavy atom. The molecule has 3 rings (SSSR count). The molecule has 2 heterocycles. The summed E-state index contributed by atoms with van der Waals surface area (Å²) in [7, 11) is 0. The van der Waals surface area contributed by atoms with Gasteiger partial charge in [-0.2, -0.15) is 0 Å². The van der Waals surface area contributed by atoms with Crippen LogP contribution < -0.4 is 0 Å². The van der Waals surface area contributed by atoms with Gasteiger partial charge in [-0.15, -0.1) is 0 Å². The van der Waals surface area contributed by atoms with Crippen LogP contribution in [0.2, 0.25) is 5.15 Å². The quantitative estimate of drug-likeness (QED) is 0.883. The van der Waals surface area contributed by atoms with Gasteiger partial charge in [0.05, 0.1) is 5.69 Å². The lowest BCUT2D eigenvalue weighted by atomic mass is 9.84. The summed E-state index contributed by atoms with van der Waals surface area (Å²) in [6, 6.07) is 0. The van der Waals surface area contributed by atoms with E-state index in [0.29, 0.717) is 17.5 Å². The second kappa shape index (κ2) is 4.02. The van der Waals surface area contributed by atoms with Gasteiger partial charge in [0, 0.05) is 12.5 Å². The molecule has 0 radical (unpaired) electrons. The highest BCUT2D eigenvalue weighted by Gasteiger charge is 2.35. The van der Waals surface area contributed by atoms with Crippen molar-refractivity contribution in [1.82, 2.24) is 9.55 Å². The number of rotatable bonds is 2. The Morgan fingerprint density at radius 1 is 1.35 bits per heavy atom. The van der Waals surface area contributed by atoms with E-state index in [4.69, 9.17) is 11.6 Å². The topological polar surface area (TPSA) is 55.1 Å². The van der Waals surface area contributed by atoms with E-state index >= 15 is 0 Å². The first-order chi connectivity index (χ1) is 8.18. The molecule has 2 aliphatic rings. The molecule has 1 fully saturated rings. The van der Waals surface area contributed by atoms with Crippen LogP contribution in [0.4, 0.5) is 0 Å². The van der Waals surface area contributed by atoms with E-state index in [9.17, 15) is 9.90 Å². The molecular formula is C12H15ClN2O2. The molecule has 1 atom stereocenters. The van der Waals surface area contributed by atoms with Crippen LogP contribution in [0.3, 0.4) is 0 Å². The summed E-state index contributed by atoms with van der Waals surface area (Å²) in [5.41, 5.74) is 0.729. The van der Waals surface area contributed by atoms with E-state index in [1.54, 1.807) is 0 Å². The SMILES string of the molecule is O=C(O)C1CCCn2c(C3CCC3)nc(Cl)c21. The number of carbonyl (C=O) groups is 1. The zero-order valence-electron chi connectivity index (χ0n) is 9.53. The molecule has 1 N–H and O–H groups in total. The van der Waals surface area contributed by atoms with Crippen LogP contribution in [-0.2, 0) is 11.3 Å². The standard InChI is InChI=1S/C12H15ClN2O2/c13-10-9-8(12(16)17)5-2-6-15(9)11(14-10)7-3-1-4-7/h7-8H,1-6H2,(H,16,17). The zero-order chi connectivity index (χ0) is 12.0. The minimum absolute atomic E-state index is 0.402. The number of hydrogen-bond acceptors (Lipinski definition) is 2. The Kier molecular flexibility index (Phi) is 2.62.